The topological polar surface area (TPSA) is 44.4 Å². The first-order valence-corrected chi connectivity index (χ1v) is 6.45. The minimum atomic E-state index is 0.149. The summed E-state index contributed by atoms with van der Waals surface area (Å²) in [6.45, 7) is 3.95. The molecule has 1 aliphatic heterocycles. The van der Waals surface area contributed by atoms with Crippen LogP contribution in [0, 0.1) is 5.92 Å². The van der Waals surface area contributed by atoms with Crippen LogP contribution in [-0.4, -0.2) is 50.1 Å². The van der Waals surface area contributed by atoms with E-state index in [1.807, 2.05) is 0 Å². The van der Waals surface area contributed by atoms with Crippen LogP contribution in [0.25, 0.3) is 0 Å². The minimum Gasteiger partial charge on any atom is -0.358 e. The highest BCUT2D eigenvalue weighted by Gasteiger charge is 2.31. The van der Waals surface area contributed by atoms with Crippen LogP contribution in [-0.2, 0) is 4.79 Å². The van der Waals surface area contributed by atoms with Crippen molar-refractivity contribution < 1.29 is 4.79 Å². The lowest BCUT2D eigenvalue weighted by atomic mass is 9.99. The van der Waals surface area contributed by atoms with Gasteiger partial charge < -0.3 is 10.6 Å². The lowest BCUT2D eigenvalue weighted by molar-refractivity contribution is -0.122. The van der Waals surface area contributed by atoms with Gasteiger partial charge in [0.1, 0.15) is 0 Å². The number of piperidine rings is 1. The lowest BCUT2D eigenvalue weighted by Gasteiger charge is -2.29. The minimum absolute atomic E-state index is 0.149. The zero-order valence-corrected chi connectivity index (χ0v) is 10.2. The number of amides is 1. The van der Waals surface area contributed by atoms with Crippen LogP contribution in [0.5, 0.6) is 0 Å². The Morgan fingerprint density at radius 3 is 2.81 bits per heavy atom. The van der Waals surface area contributed by atoms with Crippen LogP contribution < -0.4 is 10.6 Å². The Labute approximate surface area is 97.8 Å². The van der Waals surface area contributed by atoms with E-state index in [9.17, 15) is 4.79 Å². The van der Waals surface area contributed by atoms with E-state index >= 15 is 0 Å². The summed E-state index contributed by atoms with van der Waals surface area (Å²) >= 11 is 0. The van der Waals surface area contributed by atoms with Crippen molar-refractivity contribution in [3.63, 3.8) is 0 Å². The van der Waals surface area contributed by atoms with Gasteiger partial charge in [-0.05, 0) is 44.7 Å². The number of hydrogen-bond acceptors (Lipinski definition) is 3. The molecule has 2 rings (SSSR count). The second-order valence-electron chi connectivity index (χ2n) is 5.05. The molecule has 0 aromatic carbocycles. The number of carbonyl (C=O) groups is 1. The number of carbonyl (C=O) groups excluding carboxylic acids is 1. The Morgan fingerprint density at radius 1 is 1.44 bits per heavy atom. The van der Waals surface area contributed by atoms with Gasteiger partial charge in [0.15, 0.2) is 0 Å². The van der Waals surface area contributed by atoms with Gasteiger partial charge in [0.25, 0.3) is 0 Å². The summed E-state index contributed by atoms with van der Waals surface area (Å²) in [7, 11) is 1.72. The molecule has 0 aromatic heterocycles. The van der Waals surface area contributed by atoms with Crippen molar-refractivity contribution in [3.8, 4) is 0 Å². The highest BCUT2D eigenvalue weighted by Crippen LogP contribution is 2.28. The fourth-order valence-corrected chi connectivity index (χ4v) is 2.46. The molecule has 2 N–H and O–H groups in total. The monoisotopic (exact) mass is 225 g/mol. The molecule has 1 saturated carbocycles. The first-order valence-electron chi connectivity index (χ1n) is 6.45. The fourth-order valence-electron chi connectivity index (χ4n) is 2.46. The molecular weight excluding hydrogens is 202 g/mol. The van der Waals surface area contributed by atoms with Gasteiger partial charge in [-0.2, -0.15) is 0 Å². The number of nitrogens with zero attached hydrogens (tertiary/aromatic N) is 1. The van der Waals surface area contributed by atoms with E-state index in [2.05, 4.69) is 15.5 Å². The predicted octanol–water partition coefficient (Wildman–Crippen LogP) is 0.196. The van der Waals surface area contributed by atoms with Crippen molar-refractivity contribution in [2.24, 2.45) is 5.92 Å². The molecule has 1 amide bonds. The van der Waals surface area contributed by atoms with Crippen LogP contribution >= 0.6 is 0 Å². The Hall–Kier alpha value is -0.610. The van der Waals surface area contributed by atoms with E-state index in [-0.39, 0.29) is 5.91 Å². The van der Waals surface area contributed by atoms with E-state index in [1.54, 1.807) is 7.05 Å². The number of rotatable bonds is 5. The molecule has 2 aliphatic rings. The van der Waals surface area contributed by atoms with Crippen LogP contribution in [0.4, 0.5) is 0 Å². The number of hydrogen-bond donors (Lipinski definition) is 2. The zero-order valence-electron chi connectivity index (χ0n) is 10.2. The van der Waals surface area contributed by atoms with Crippen LogP contribution in [0.2, 0.25) is 0 Å². The summed E-state index contributed by atoms with van der Waals surface area (Å²) < 4.78 is 0. The predicted molar refractivity (Wildman–Crippen MR) is 64.3 cm³/mol. The molecule has 1 saturated heterocycles. The van der Waals surface area contributed by atoms with Gasteiger partial charge in [-0.1, -0.05) is 0 Å². The average Bonchev–Trinajstić information content (AvgIpc) is 3.13. The summed E-state index contributed by atoms with van der Waals surface area (Å²) in [4.78, 5) is 13.8. The van der Waals surface area contributed by atoms with Gasteiger partial charge in [0.05, 0.1) is 6.54 Å². The molecule has 0 spiro atoms. The molecule has 2 fully saturated rings. The van der Waals surface area contributed by atoms with Crippen molar-refractivity contribution in [1.82, 2.24) is 15.5 Å². The number of likely N-dealkylation sites (N-methyl/N-ethyl adjacent to an activating group) is 1. The molecule has 1 heterocycles. The Balaban J connectivity index is 1.79. The highest BCUT2D eigenvalue weighted by atomic mass is 16.1. The normalized spacial score (nSPS) is 25.8. The van der Waals surface area contributed by atoms with E-state index in [0.717, 1.165) is 25.6 Å². The maximum atomic E-state index is 11.4. The quantitative estimate of drug-likeness (QED) is 0.702. The molecule has 4 nitrogen and oxygen atoms in total. The summed E-state index contributed by atoms with van der Waals surface area (Å²) in [6.07, 6.45) is 5.14. The largest absolute Gasteiger partial charge is 0.358 e. The van der Waals surface area contributed by atoms with Crippen molar-refractivity contribution in [2.75, 3.05) is 33.2 Å². The highest BCUT2D eigenvalue weighted by molar-refractivity contribution is 5.77. The molecular formula is C12H23N3O. The van der Waals surface area contributed by atoms with Gasteiger partial charge in [0, 0.05) is 19.6 Å². The van der Waals surface area contributed by atoms with Gasteiger partial charge in [-0.3, -0.25) is 9.69 Å². The van der Waals surface area contributed by atoms with Gasteiger partial charge in [-0.25, -0.2) is 0 Å². The third kappa shape index (κ3) is 3.46. The lowest BCUT2D eigenvalue weighted by Crippen LogP contribution is -2.43. The third-order valence-electron chi connectivity index (χ3n) is 3.58. The molecule has 92 valence electrons. The molecule has 1 unspecified atom stereocenters. The summed E-state index contributed by atoms with van der Waals surface area (Å²) in [6, 6.07) is 0.680. The molecule has 0 aromatic rings. The maximum Gasteiger partial charge on any atom is 0.233 e. The molecule has 0 bridgehead atoms. The Kier molecular flexibility index (Phi) is 4.18. The van der Waals surface area contributed by atoms with E-state index in [1.165, 1.54) is 25.7 Å². The van der Waals surface area contributed by atoms with E-state index < -0.39 is 0 Å². The second kappa shape index (κ2) is 5.64. The van der Waals surface area contributed by atoms with E-state index in [4.69, 9.17) is 0 Å². The molecule has 0 radical (unpaired) electrons. The first kappa shape index (κ1) is 11.9. The smallest absolute Gasteiger partial charge is 0.233 e. The van der Waals surface area contributed by atoms with Crippen LogP contribution in [0.1, 0.15) is 25.7 Å². The zero-order chi connectivity index (χ0) is 11.4. The standard InChI is InChI=1S/C12H23N3O/c1-13-12(16)9-15(11-4-5-11)8-10-3-2-6-14-7-10/h10-11,14H,2-9H2,1H3,(H,13,16). The van der Waals surface area contributed by atoms with Crippen molar-refractivity contribution in [2.45, 2.75) is 31.7 Å². The first-order chi connectivity index (χ1) is 7.79. The average molecular weight is 225 g/mol. The summed E-state index contributed by atoms with van der Waals surface area (Å²) in [5.74, 6) is 0.884. The second-order valence-corrected chi connectivity index (χ2v) is 5.05. The van der Waals surface area contributed by atoms with Crippen molar-refractivity contribution >= 4 is 5.91 Å². The number of nitrogens with one attached hydrogen (secondary N) is 2. The third-order valence-corrected chi connectivity index (χ3v) is 3.58. The SMILES string of the molecule is CNC(=O)CN(CC1CCCNC1)C1CC1. The summed E-state index contributed by atoms with van der Waals surface area (Å²) in [5, 5.41) is 6.16. The van der Waals surface area contributed by atoms with Gasteiger partial charge in [-0.15, -0.1) is 0 Å². The Morgan fingerprint density at radius 2 is 2.25 bits per heavy atom. The van der Waals surface area contributed by atoms with Crippen LogP contribution in [0.15, 0.2) is 0 Å². The van der Waals surface area contributed by atoms with E-state index in [0.29, 0.717) is 12.6 Å². The van der Waals surface area contributed by atoms with Crippen molar-refractivity contribution in [3.05, 3.63) is 0 Å². The molecule has 4 heteroatoms. The maximum absolute atomic E-state index is 11.4. The van der Waals surface area contributed by atoms with Crippen molar-refractivity contribution in [1.29, 1.82) is 0 Å². The summed E-state index contributed by atoms with van der Waals surface area (Å²) in [5.41, 5.74) is 0. The van der Waals surface area contributed by atoms with Gasteiger partial charge in [0.2, 0.25) is 5.91 Å². The van der Waals surface area contributed by atoms with Crippen LogP contribution in [0.3, 0.4) is 0 Å². The molecule has 16 heavy (non-hydrogen) atoms. The fraction of sp³-hybridized carbons (Fsp3) is 0.917. The molecule has 1 aliphatic carbocycles. The molecule has 1 atom stereocenters. The van der Waals surface area contributed by atoms with Gasteiger partial charge >= 0.3 is 0 Å². The Bertz CT molecular complexity index is 234.